The molecule has 2 unspecified atom stereocenters. The van der Waals surface area contributed by atoms with Crippen LogP contribution in [0.1, 0.15) is 23.5 Å². The minimum atomic E-state index is -0.725. The van der Waals surface area contributed by atoms with E-state index < -0.39 is 11.6 Å². The SMILES string of the molecule is CNC(=O)N1CCN(C(=O)CNC2CC2c2cc(F)cc(F)c2OCc2ccccc2)CC1. The third-order valence-electron chi connectivity index (χ3n) is 6.10. The zero-order chi connectivity index (χ0) is 23.4. The van der Waals surface area contributed by atoms with Crippen molar-refractivity contribution in [3.05, 3.63) is 65.2 Å². The van der Waals surface area contributed by atoms with Crippen LogP contribution in [0.15, 0.2) is 42.5 Å². The van der Waals surface area contributed by atoms with Crippen molar-refractivity contribution in [1.29, 1.82) is 0 Å². The average molecular weight is 459 g/mol. The first-order valence-electron chi connectivity index (χ1n) is 11.1. The Morgan fingerprint density at radius 2 is 1.76 bits per heavy atom. The van der Waals surface area contributed by atoms with Crippen molar-refractivity contribution in [2.24, 2.45) is 0 Å². The molecule has 176 valence electrons. The first-order valence-corrected chi connectivity index (χ1v) is 11.1. The molecule has 2 atom stereocenters. The molecule has 2 aliphatic rings. The summed E-state index contributed by atoms with van der Waals surface area (Å²) in [6.45, 7) is 2.26. The van der Waals surface area contributed by atoms with Gasteiger partial charge >= 0.3 is 6.03 Å². The fraction of sp³-hybridized carbons (Fsp3) is 0.417. The zero-order valence-corrected chi connectivity index (χ0v) is 18.5. The summed E-state index contributed by atoms with van der Waals surface area (Å²) in [7, 11) is 1.58. The van der Waals surface area contributed by atoms with Crippen molar-refractivity contribution >= 4 is 11.9 Å². The second-order valence-corrected chi connectivity index (χ2v) is 8.33. The number of amides is 3. The Morgan fingerprint density at radius 3 is 2.45 bits per heavy atom. The third kappa shape index (κ3) is 5.60. The lowest BCUT2D eigenvalue weighted by Crippen LogP contribution is -2.54. The molecule has 0 radical (unpaired) electrons. The van der Waals surface area contributed by atoms with E-state index in [0.29, 0.717) is 38.2 Å². The second kappa shape index (κ2) is 10.2. The molecule has 0 aromatic heterocycles. The molecule has 1 aliphatic carbocycles. The Labute approximate surface area is 191 Å². The number of nitrogens with zero attached hydrogens (tertiary/aromatic N) is 2. The van der Waals surface area contributed by atoms with E-state index in [1.54, 1.807) is 16.8 Å². The maximum absolute atomic E-state index is 14.5. The van der Waals surface area contributed by atoms with E-state index >= 15 is 0 Å². The van der Waals surface area contributed by atoms with Gasteiger partial charge in [0.05, 0.1) is 6.54 Å². The van der Waals surface area contributed by atoms with Crippen LogP contribution in [0.5, 0.6) is 5.75 Å². The Balaban J connectivity index is 1.31. The number of hydrogen-bond donors (Lipinski definition) is 2. The number of rotatable bonds is 7. The van der Waals surface area contributed by atoms with Gasteiger partial charge in [0.2, 0.25) is 5.91 Å². The fourth-order valence-electron chi connectivity index (χ4n) is 4.15. The van der Waals surface area contributed by atoms with Gasteiger partial charge in [-0.3, -0.25) is 4.79 Å². The van der Waals surface area contributed by atoms with Crippen LogP contribution in [0.25, 0.3) is 0 Å². The van der Waals surface area contributed by atoms with Crippen LogP contribution >= 0.6 is 0 Å². The first-order chi connectivity index (χ1) is 16.0. The predicted octanol–water partition coefficient (Wildman–Crippen LogP) is 2.47. The van der Waals surface area contributed by atoms with E-state index in [1.165, 1.54) is 6.07 Å². The highest BCUT2D eigenvalue weighted by atomic mass is 19.1. The van der Waals surface area contributed by atoms with Crippen molar-refractivity contribution in [2.75, 3.05) is 39.8 Å². The molecule has 1 saturated heterocycles. The molecule has 0 spiro atoms. The molecule has 1 heterocycles. The summed E-state index contributed by atoms with van der Waals surface area (Å²) in [6, 6.07) is 11.3. The van der Waals surface area contributed by atoms with E-state index in [-0.39, 0.29) is 42.8 Å². The molecule has 3 amide bonds. The first kappa shape index (κ1) is 23.0. The number of benzene rings is 2. The largest absolute Gasteiger partial charge is 0.486 e. The molecule has 7 nitrogen and oxygen atoms in total. The van der Waals surface area contributed by atoms with Crippen LogP contribution in [0.2, 0.25) is 0 Å². The van der Waals surface area contributed by atoms with Gasteiger partial charge in [0.15, 0.2) is 11.6 Å². The molecule has 2 fully saturated rings. The van der Waals surface area contributed by atoms with Gasteiger partial charge < -0.3 is 25.2 Å². The Hall–Kier alpha value is -3.20. The van der Waals surface area contributed by atoms with Crippen molar-refractivity contribution in [2.45, 2.75) is 25.0 Å². The summed E-state index contributed by atoms with van der Waals surface area (Å²) in [5, 5.41) is 5.79. The minimum Gasteiger partial charge on any atom is -0.486 e. The number of carbonyl (C=O) groups is 2. The van der Waals surface area contributed by atoms with Crippen LogP contribution in [-0.2, 0) is 11.4 Å². The lowest BCUT2D eigenvalue weighted by atomic mass is 10.1. The van der Waals surface area contributed by atoms with Crippen molar-refractivity contribution in [3.63, 3.8) is 0 Å². The highest BCUT2D eigenvalue weighted by Gasteiger charge is 2.41. The number of hydrogen-bond acceptors (Lipinski definition) is 4. The quantitative estimate of drug-likeness (QED) is 0.669. The fourth-order valence-corrected chi connectivity index (χ4v) is 4.15. The van der Waals surface area contributed by atoms with Gasteiger partial charge in [0.25, 0.3) is 0 Å². The summed E-state index contributed by atoms with van der Waals surface area (Å²) >= 11 is 0. The van der Waals surface area contributed by atoms with Gasteiger partial charge in [0.1, 0.15) is 12.4 Å². The summed E-state index contributed by atoms with van der Waals surface area (Å²) in [5.41, 5.74) is 1.37. The predicted molar refractivity (Wildman–Crippen MR) is 119 cm³/mol. The van der Waals surface area contributed by atoms with Crippen molar-refractivity contribution < 1.29 is 23.1 Å². The minimum absolute atomic E-state index is 0.0526. The lowest BCUT2D eigenvalue weighted by Gasteiger charge is -2.34. The highest BCUT2D eigenvalue weighted by molar-refractivity contribution is 5.79. The number of ether oxygens (including phenoxy) is 1. The maximum atomic E-state index is 14.5. The Kier molecular flexibility index (Phi) is 7.08. The van der Waals surface area contributed by atoms with Gasteiger partial charge in [-0.05, 0) is 18.1 Å². The molecule has 1 aliphatic heterocycles. The standard InChI is InChI=1S/C24H28F2N4O3/c1-27-24(32)30-9-7-29(8-10-30)22(31)14-28-21-13-18(21)19-11-17(25)12-20(26)23(19)33-15-16-5-3-2-4-6-16/h2-6,11-12,18,21,28H,7-10,13-15H2,1H3,(H,27,32). The van der Waals surface area contributed by atoms with Gasteiger partial charge in [-0.1, -0.05) is 30.3 Å². The monoisotopic (exact) mass is 458 g/mol. The average Bonchev–Trinajstić information content (AvgIpc) is 3.61. The van der Waals surface area contributed by atoms with E-state index in [2.05, 4.69) is 10.6 Å². The third-order valence-corrected chi connectivity index (χ3v) is 6.10. The van der Waals surface area contributed by atoms with Crippen LogP contribution in [-0.4, -0.2) is 67.6 Å². The van der Waals surface area contributed by atoms with Crippen molar-refractivity contribution in [3.8, 4) is 5.75 Å². The second-order valence-electron chi connectivity index (χ2n) is 8.33. The van der Waals surface area contributed by atoms with Gasteiger partial charge in [-0.15, -0.1) is 0 Å². The lowest BCUT2D eigenvalue weighted by molar-refractivity contribution is -0.131. The molecule has 0 bridgehead atoms. The zero-order valence-electron chi connectivity index (χ0n) is 18.5. The topological polar surface area (TPSA) is 73.9 Å². The molecule has 33 heavy (non-hydrogen) atoms. The van der Waals surface area contributed by atoms with Crippen LogP contribution < -0.4 is 15.4 Å². The normalized spacial score (nSPS) is 19.8. The van der Waals surface area contributed by atoms with Crippen LogP contribution in [0, 0.1) is 11.6 Å². The summed E-state index contributed by atoms with van der Waals surface area (Å²) in [5.74, 6) is -1.49. The molecular weight excluding hydrogens is 430 g/mol. The molecule has 9 heteroatoms. The van der Waals surface area contributed by atoms with Gasteiger partial charge in [-0.25, -0.2) is 13.6 Å². The molecule has 2 aromatic carbocycles. The summed E-state index contributed by atoms with van der Waals surface area (Å²) in [4.78, 5) is 27.6. The summed E-state index contributed by atoms with van der Waals surface area (Å²) in [6.07, 6.45) is 0.669. The number of piperazine rings is 1. The Morgan fingerprint density at radius 1 is 1.06 bits per heavy atom. The van der Waals surface area contributed by atoms with Crippen molar-refractivity contribution in [1.82, 2.24) is 20.4 Å². The maximum Gasteiger partial charge on any atom is 0.317 e. The van der Waals surface area contributed by atoms with E-state index in [4.69, 9.17) is 4.74 Å². The summed E-state index contributed by atoms with van der Waals surface area (Å²) < 4.78 is 34.2. The smallest absolute Gasteiger partial charge is 0.317 e. The van der Waals surface area contributed by atoms with E-state index in [0.717, 1.165) is 11.6 Å². The van der Waals surface area contributed by atoms with Gasteiger partial charge in [0, 0.05) is 56.8 Å². The molecule has 1 saturated carbocycles. The van der Waals surface area contributed by atoms with Crippen LogP contribution in [0.4, 0.5) is 13.6 Å². The number of halogens is 2. The molecule has 4 rings (SSSR count). The highest BCUT2D eigenvalue weighted by Crippen LogP contribution is 2.46. The Bertz CT molecular complexity index is 997. The van der Waals surface area contributed by atoms with E-state index in [9.17, 15) is 18.4 Å². The number of urea groups is 1. The number of nitrogens with one attached hydrogen (secondary N) is 2. The van der Waals surface area contributed by atoms with E-state index in [1.807, 2.05) is 30.3 Å². The van der Waals surface area contributed by atoms with Crippen LogP contribution in [0.3, 0.4) is 0 Å². The molecule has 2 N–H and O–H groups in total. The molecule has 2 aromatic rings. The molecular formula is C24H28F2N4O3. The van der Waals surface area contributed by atoms with Gasteiger partial charge in [-0.2, -0.15) is 0 Å². The number of carbonyl (C=O) groups excluding carboxylic acids is 2.